The zero-order chi connectivity index (χ0) is 27.2. The maximum absolute atomic E-state index is 13.2. The second-order valence-electron chi connectivity index (χ2n) is 9.19. The monoisotopic (exact) mass is 573 g/mol. The Morgan fingerprint density at radius 2 is 1.74 bits per heavy atom. The third-order valence-electron chi connectivity index (χ3n) is 6.36. The average molecular weight is 574 g/mol. The van der Waals surface area contributed by atoms with Gasteiger partial charge in [-0.1, -0.05) is 85.7 Å². The summed E-state index contributed by atoms with van der Waals surface area (Å²) in [6.45, 7) is 3.25. The van der Waals surface area contributed by atoms with Crippen molar-refractivity contribution in [2.45, 2.75) is 32.8 Å². The van der Waals surface area contributed by atoms with Gasteiger partial charge in [0.2, 0.25) is 0 Å². The van der Waals surface area contributed by atoms with Crippen LogP contribution in [0.2, 0.25) is 5.02 Å². The lowest BCUT2D eigenvalue weighted by Gasteiger charge is -2.13. The molecule has 1 amide bonds. The zero-order valence-electron chi connectivity index (χ0n) is 21.5. The fourth-order valence-electron chi connectivity index (χ4n) is 4.24. The number of hydrogen-bond acceptors (Lipinski definition) is 5. The fraction of sp³-hybridized carbons (Fsp3) is 0.194. The molecule has 0 unspecified atom stereocenters. The van der Waals surface area contributed by atoms with Crippen molar-refractivity contribution < 1.29 is 9.53 Å². The molecular formula is C31H28ClN3O2S2. The van der Waals surface area contributed by atoms with Crippen molar-refractivity contribution in [3.63, 3.8) is 0 Å². The summed E-state index contributed by atoms with van der Waals surface area (Å²) in [5, 5.41) is 5.60. The maximum atomic E-state index is 13.2. The molecule has 8 heteroatoms. The number of halogens is 1. The summed E-state index contributed by atoms with van der Waals surface area (Å²) < 4.78 is 8.42. The summed E-state index contributed by atoms with van der Waals surface area (Å²) in [7, 11) is 0. The molecule has 1 fully saturated rings. The molecule has 4 aromatic rings. The normalized spacial score (nSPS) is 14.4. The summed E-state index contributed by atoms with van der Waals surface area (Å²) in [6.07, 6.45) is 6.98. The number of unbranched alkanes of at least 4 members (excludes halogenated alkanes) is 2. The number of para-hydroxylation sites is 1. The molecule has 0 atom stereocenters. The van der Waals surface area contributed by atoms with E-state index in [1.807, 2.05) is 95.8 Å². The maximum Gasteiger partial charge on any atom is 0.266 e. The molecule has 0 saturated carbocycles. The van der Waals surface area contributed by atoms with E-state index < -0.39 is 0 Å². The number of hydrogen-bond donors (Lipinski definition) is 0. The van der Waals surface area contributed by atoms with Crippen LogP contribution < -0.4 is 4.74 Å². The van der Waals surface area contributed by atoms with Gasteiger partial charge in [-0.15, -0.1) is 0 Å². The second kappa shape index (κ2) is 12.6. The predicted octanol–water partition coefficient (Wildman–Crippen LogP) is 8.16. The van der Waals surface area contributed by atoms with E-state index in [2.05, 4.69) is 6.92 Å². The van der Waals surface area contributed by atoms with Crippen LogP contribution in [0.1, 0.15) is 37.3 Å². The number of benzene rings is 3. The minimum Gasteiger partial charge on any atom is -0.489 e. The van der Waals surface area contributed by atoms with Crippen molar-refractivity contribution in [1.82, 2.24) is 14.7 Å². The minimum atomic E-state index is -0.0366. The van der Waals surface area contributed by atoms with E-state index in [0.29, 0.717) is 27.4 Å². The highest BCUT2D eigenvalue weighted by Crippen LogP contribution is 2.35. The van der Waals surface area contributed by atoms with Gasteiger partial charge >= 0.3 is 0 Å². The highest BCUT2D eigenvalue weighted by atomic mass is 35.5. The molecule has 198 valence electrons. The van der Waals surface area contributed by atoms with E-state index in [0.717, 1.165) is 53.1 Å². The Bertz CT molecular complexity index is 1480. The summed E-state index contributed by atoms with van der Waals surface area (Å²) in [5.74, 6) is 0.719. The van der Waals surface area contributed by atoms with Gasteiger partial charge in [0, 0.05) is 28.9 Å². The molecule has 1 saturated heterocycles. The quantitative estimate of drug-likeness (QED) is 0.109. The topological polar surface area (TPSA) is 47.4 Å². The van der Waals surface area contributed by atoms with Gasteiger partial charge < -0.3 is 4.74 Å². The highest BCUT2D eigenvalue weighted by Gasteiger charge is 2.32. The van der Waals surface area contributed by atoms with Gasteiger partial charge in [0.25, 0.3) is 5.91 Å². The number of nitrogens with zero attached hydrogens (tertiary/aromatic N) is 3. The van der Waals surface area contributed by atoms with E-state index in [-0.39, 0.29) is 5.91 Å². The summed E-state index contributed by atoms with van der Waals surface area (Å²) in [5.41, 5.74) is 4.53. The highest BCUT2D eigenvalue weighted by molar-refractivity contribution is 8.26. The molecular weight excluding hydrogens is 546 g/mol. The van der Waals surface area contributed by atoms with Gasteiger partial charge in [-0.2, -0.15) is 5.10 Å². The molecule has 1 aliphatic heterocycles. The van der Waals surface area contributed by atoms with Crippen LogP contribution in [0.3, 0.4) is 0 Å². The van der Waals surface area contributed by atoms with Crippen LogP contribution in [0.15, 0.2) is 90.0 Å². The van der Waals surface area contributed by atoms with Crippen molar-refractivity contribution in [1.29, 1.82) is 0 Å². The van der Waals surface area contributed by atoms with E-state index in [4.69, 9.17) is 33.7 Å². The van der Waals surface area contributed by atoms with Crippen LogP contribution in [-0.4, -0.2) is 31.5 Å². The van der Waals surface area contributed by atoms with Crippen molar-refractivity contribution in [3.8, 4) is 22.7 Å². The van der Waals surface area contributed by atoms with E-state index in [1.165, 1.54) is 11.8 Å². The van der Waals surface area contributed by atoms with Crippen molar-refractivity contribution in [2.75, 3.05) is 6.54 Å². The Labute approximate surface area is 243 Å². The number of thiocarbonyl (C=S) groups is 1. The number of thioether (sulfide) groups is 1. The Balaban J connectivity index is 1.41. The lowest BCUT2D eigenvalue weighted by molar-refractivity contribution is -0.122. The van der Waals surface area contributed by atoms with Crippen molar-refractivity contribution >= 4 is 51.9 Å². The smallest absolute Gasteiger partial charge is 0.266 e. The van der Waals surface area contributed by atoms with Crippen LogP contribution in [0.4, 0.5) is 0 Å². The Hall–Kier alpha value is -3.39. The second-order valence-corrected chi connectivity index (χ2v) is 11.3. The minimum absolute atomic E-state index is 0.0366. The van der Waals surface area contributed by atoms with Gasteiger partial charge in [0.1, 0.15) is 16.7 Å². The van der Waals surface area contributed by atoms with E-state index in [1.54, 1.807) is 4.90 Å². The first-order valence-corrected chi connectivity index (χ1v) is 14.5. The van der Waals surface area contributed by atoms with Crippen LogP contribution in [0.5, 0.6) is 5.75 Å². The molecule has 2 heterocycles. The number of rotatable bonds is 10. The molecule has 3 aromatic carbocycles. The molecule has 0 N–H and O–H groups in total. The van der Waals surface area contributed by atoms with Gasteiger partial charge in [0.05, 0.1) is 16.3 Å². The first kappa shape index (κ1) is 27.2. The molecule has 0 aliphatic carbocycles. The van der Waals surface area contributed by atoms with Crippen molar-refractivity contribution in [2.24, 2.45) is 0 Å². The first-order chi connectivity index (χ1) is 19.0. The van der Waals surface area contributed by atoms with Crippen LogP contribution in [0.25, 0.3) is 23.0 Å². The Morgan fingerprint density at radius 3 is 2.46 bits per heavy atom. The number of aromatic nitrogens is 2. The molecule has 0 spiro atoms. The molecule has 39 heavy (non-hydrogen) atoms. The molecule has 5 rings (SSSR count). The summed E-state index contributed by atoms with van der Waals surface area (Å²) in [6, 6.07) is 25.4. The zero-order valence-corrected chi connectivity index (χ0v) is 23.9. The molecule has 1 aliphatic rings. The van der Waals surface area contributed by atoms with Crippen molar-refractivity contribution in [3.05, 3.63) is 106 Å². The van der Waals surface area contributed by atoms with Crippen LogP contribution in [0, 0.1) is 0 Å². The SMILES string of the molecule is CCCCCN1C(=O)C(=Cc2cn(-c3ccccc3)nc2-c2ccc(OCc3ccc(Cl)cc3)cc2)SC1=S. The largest absolute Gasteiger partial charge is 0.489 e. The molecule has 5 nitrogen and oxygen atoms in total. The van der Waals surface area contributed by atoms with Crippen LogP contribution in [-0.2, 0) is 11.4 Å². The predicted molar refractivity (Wildman–Crippen MR) is 164 cm³/mol. The Morgan fingerprint density at radius 1 is 1.00 bits per heavy atom. The van der Waals surface area contributed by atoms with Gasteiger partial charge in [0.15, 0.2) is 0 Å². The lowest BCUT2D eigenvalue weighted by atomic mass is 10.1. The van der Waals surface area contributed by atoms with E-state index >= 15 is 0 Å². The number of ether oxygens (including phenoxy) is 1. The Kier molecular flexibility index (Phi) is 8.81. The van der Waals surface area contributed by atoms with Gasteiger partial charge in [-0.3, -0.25) is 9.69 Å². The van der Waals surface area contributed by atoms with Gasteiger partial charge in [-0.25, -0.2) is 4.68 Å². The summed E-state index contributed by atoms with van der Waals surface area (Å²) >= 11 is 12.9. The standard InChI is InChI=1S/C31H28ClN3O2S2/c1-2-3-7-18-34-30(36)28(39-31(34)38)19-24-20-35(26-8-5-4-6-9-26)33-29(24)23-12-16-27(17-13-23)37-21-22-10-14-25(32)15-11-22/h4-6,8-17,19-20H,2-3,7,18,21H2,1H3. The third-order valence-corrected chi connectivity index (χ3v) is 7.99. The number of carbonyl (C=O) groups is 1. The fourth-order valence-corrected chi connectivity index (χ4v) is 5.67. The first-order valence-electron chi connectivity index (χ1n) is 12.9. The number of carbonyl (C=O) groups excluding carboxylic acids is 1. The number of amides is 1. The summed E-state index contributed by atoms with van der Waals surface area (Å²) in [4.78, 5) is 15.5. The van der Waals surface area contributed by atoms with Gasteiger partial charge in [-0.05, 0) is 66.6 Å². The lowest BCUT2D eigenvalue weighted by Crippen LogP contribution is -2.28. The third kappa shape index (κ3) is 6.61. The van der Waals surface area contributed by atoms with Crippen LogP contribution >= 0.6 is 35.6 Å². The molecule has 1 aromatic heterocycles. The van der Waals surface area contributed by atoms with E-state index in [9.17, 15) is 4.79 Å². The molecule has 0 bridgehead atoms. The molecule has 0 radical (unpaired) electrons. The average Bonchev–Trinajstić information content (AvgIpc) is 3.50.